The molecule has 2 amide bonds. The maximum atomic E-state index is 11.7. The smallest absolute Gasteiger partial charge is 0.436 e. The average Bonchev–Trinajstić information content (AvgIpc) is 2.68. The van der Waals surface area contributed by atoms with Gasteiger partial charge in [-0.25, -0.2) is 4.79 Å². The number of nitrogens with one attached hydrogen (secondary N) is 2. The van der Waals surface area contributed by atoms with Crippen LogP contribution < -0.4 is 10.6 Å². The van der Waals surface area contributed by atoms with E-state index in [0.717, 1.165) is 6.92 Å². The molecule has 1 aromatic rings. The van der Waals surface area contributed by atoms with E-state index >= 15 is 0 Å². The van der Waals surface area contributed by atoms with Crippen LogP contribution in [0.15, 0.2) is 12.1 Å². The number of carbonyl (C=O) groups excluding carboxylic acids is 3. The van der Waals surface area contributed by atoms with Gasteiger partial charge in [-0.05, 0) is 5.92 Å². The molecular formula is C21H33Cl3N2O9Y. The number of aromatic hydroxyl groups is 1. The average molecular weight is 653 g/mol. The molecular weight excluding hydrogens is 620 g/mol. The Morgan fingerprint density at radius 1 is 1.14 bits per heavy atom. The van der Waals surface area contributed by atoms with Crippen LogP contribution in [-0.4, -0.2) is 58.0 Å². The molecule has 1 rings (SSSR count). The third kappa shape index (κ3) is 27.1. The Morgan fingerprint density at radius 3 is 2.08 bits per heavy atom. The third-order valence-corrected chi connectivity index (χ3v) is 3.59. The van der Waals surface area contributed by atoms with Gasteiger partial charge in [-0.1, -0.05) is 30.6 Å². The standard InChI is InChI=1S/C14H17N2O5.C5H10ClO2.C2H4O2.2ClH.Y/c1-8-4-3-5-10(14(8)21)11(6-13(19)20)16-12(18)7-15-9(2)17;1-5(2)3-8-6-4-7;1-2(3)4;;;/h4-5,11,21H,6-7H2,1-2H3,(H,15,17)(H,16,18)(H,19,20);4-5H,3H2,1-2H3;1H3,(H,3,4);2*1H;/q-1;+1;;;;. The Bertz CT molecular complexity index is 796. The summed E-state index contributed by atoms with van der Waals surface area (Å²) < 4.78 is 4.74. The Kier molecular flexibility index (Phi) is 32.8. The molecule has 0 saturated carbocycles. The number of hydrogen-bond donors (Lipinski definition) is 5. The van der Waals surface area contributed by atoms with Crippen LogP contribution in [0.5, 0.6) is 5.75 Å². The quantitative estimate of drug-likeness (QED) is 0.109. The van der Waals surface area contributed by atoms with Crippen molar-refractivity contribution in [1.82, 2.24) is 10.6 Å². The first kappa shape index (κ1) is 44.5. The fraction of sp³-hybridized carbons (Fsp3) is 0.476. The van der Waals surface area contributed by atoms with Gasteiger partial charge in [0.05, 0.1) is 13.0 Å². The summed E-state index contributed by atoms with van der Waals surface area (Å²) in [6, 6.07) is 4.85. The fourth-order valence-electron chi connectivity index (χ4n) is 1.94. The number of carboxylic acid groups (broad SMARTS) is 2. The number of carbonyl (C=O) groups is 5. The van der Waals surface area contributed by atoms with E-state index in [1.807, 2.05) is 13.8 Å². The van der Waals surface area contributed by atoms with Crippen LogP contribution in [0.25, 0.3) is 0 Å². The first-order valence-corrected chi connectivity index (χ1v) is 10.4. The van der Waals surface area contributed by atoms with Gasteiger partial charge < -0.3 is 26.0 Å². The van der Waals surface area contributed by atoms with Crippen molar-refractivity contribution in [1.29, 1.82) is 0 Å². The maximum absolute atomic E-state index is 11.7. The van der Waals surface area contributed by atoms with Crippen molar-refractivity contribution in [2.75, 3.05) is 13.2 Å². The zero-order valence-electron chi connectivity index (χ0n) is 20.6. The zero-order valence-corrected chi connectivity index (χ0v) is 25.8. The van der Waals surface area contributed by atoms with Gasteiger partial charge in [-0.15, -0.1) is 30.4 Å². The minimum Gasteiger partial charge on any atom is -0.533 e. The van der Waals surface area contributed by atoms with E-state index < -0.39 is 30.3 Å². The molecule has 0 aromatic heterocycles. The van der Waals surface area contributed by atoms with Crippen LogP contribution in [-0.2, 0) is 61.0 Å². The second-order valence-corrected chi connectivity index (χ2v) is 7.51. The Balaban J connectivity index is -0.000000180. The molecule has 5 N–H and O–H groups in total. The number of hydrogen-bond acceptors (Lipinski definition) is 7. The van der Waals surface area contributed by atoms with Gasteiger partial charge >= 0.3 is 22.8 Å². The van der Waals surface area contributed by atoms with E-state index in [4.69, 9.17) is 19.3 Å². The zero-order chi connectivity index (χ0) is 26.0. The molecule has 0 bridgehead atoms. The van der Waals surface area contributed by atoms with Crippen molar-refractivity contribution < 1.29 is 87.4 Å². The molecule has 0 aliphatic rings. The second-order valence-electron chi connectivity index (χ2n) is 6.94. The molecule has 0 saturated heterocycles. The second kappa shape index (κ2) is 26.6. The molecule has 0 spiro atoms. The summed E-state index contributed by atoms with van der Waals surface area (Å²) in [5, 5.41) is 31.1. The molecule has 0 fully saturated rings. The first-order valence-electron chi connectivity index (χ1n) is 9.65. The Hall–Kier alpha value is -1.50. The first-order chi connectivity index (χ1) is 15.3. The number of aliphatic carboxylic acids is 2. The minimum atomic E-state index is -1.12. The molecule has 0 aliphatic carbocycles. The van der Waals surface area contributed by atoms with E-state index in [1.54, 1.807) is 13.0 Å². The van der Waals surface area contributed by atoms with Crippen LogP contribution in [0.3, 0.4) is 0 Å². The number of phenolic OH excluding ortho intramolecular Hbond substituents is 1. The van der Waals surface area contributed by atoms with Crippen LogP contribution in [0.2, 0.25) is 0 Å². The van der Waals surface area contributed by atoms with Crippen LogP contribution >= 0.6 is 24.8 Å². The maximum Gasteiger partial charge on any atom is 0.436 e. The molecule has 36 heavy (non-hydrogen) atoms. The Morgan fingerprint density at radius 2 is 1.67 bits per heavy atom. The molecule has 1 atom stereocenters. The van der Waals surface area contributed by atoms with Crippen LogP contribution in [0, 0.1) is 30.0 Å². The van der Waals surface area contributed by atoms with E-state index in [2.05, 4.69) is 16.7 Å². The normalized spacial score (nSPS) is 9.61. The van der Waals surface area contributed by atoms with Gasteiger partial charge in [0.2, 0.25) is 11.8 Å². The van der Waals surface area contributed by atoms with Gasteiger partial charge in [0.25, 0.3) is 5.97 Å². The number of halogens is 3. The molecule has 0 heterocycles. The predicted molar refractivity (Wildman–Crippen MR) is 129 cm³/mol. The van der Waals surface area contributed by atoms with Crippen molar-refractivity contribution in [2.24, 2.45) is 5.92 Å². The van der Waals surface area contributed by atoms with E-state index in [1.165, 1.54) is 24.1 Å². The number of phenols is 1. The number of benzene rings is 1. The number of amides is 2. The van der Waals surface area contributed by atoms with Crippen LogP contribution in [0.1, 0.15) is 51.3 Å². The molecule has 11 nitrogen and oxygen atoms in total. The molecule has 1 radical (unpaired) electrons. The van der Waals surface area contributed by atoms with Crippen molar-refractivity contribution in [3.05, 3.63) is 29.3 Å². The predicted octanol–water partition coefficient (Wildman–Crippen LogP) is 2.05. The van der Waals surface area contributed by atoms with Crippen molar-refractivity contribution >= 4 is 54.3 Å². The molecule has 0 aliphatic heterocycles. The van der Waals surface area contributed by atoms with Crippen molar-refractivity contribution in [2.45, 2.75) is 47.1 Å². The number of carboxylic acids is 2. The summed E-state index contributed by atoms with van der Waals surface area (Å²) in [7, 11) is 0. The number of rotatable bonds is 10. The largest absolute Gasteiger partial charge is 0.533 e. The van der Waals surface area contributed by atoms with Gasteiger partial charge in [0.1, 0.15) is 6.61 Å². The molecule has 1 unspecified atom stereocenters. The number of aryl methyl sites for hydroxylation is 1. The monoisotopic (exact) mass is 651 g/mol. The summed E-state index contributed by atoms with van der Waals surface area (Å²) in [6.07, 6.45) is -0.392. The van der Waals surface area contributed by atoms with Gasteiger partial charge in [0.15, 0.2) is 0 Å². The van der Waals surface area contributed by atoms with E-state index in [-0.39, 0.29) is 81.3 Å². The molecule has 1 aromatic carbocycles. The van der Waals surface area contributed by atoms with Gasteiger partial charge in [-0.3, -0.25) is 19.2 Å². The SMILES string of the molecule is CC(=O)NCC(=O)NC(CC(=O)O)c1c[c-]cc(C)c1O.CC(=O)O.CC(C)CO[Cl+]C=O.Cl.Cl.[Y]. The van der Waals surface area contributed by atoms with Gasteiger partial charge in [-0.2, -0.15) is 18.2 Å². The summed E-state index contributed by atoms with van der Waals surface area (Å²) in [6.45, 7) is 8.40. The fourth-order valence-corrected chi connectivity index (χ4v) is 2.31. The topological polar surface area (TPSA) is 179 Å². The van der Waals surface area contributed by atoms with E-state index in [0.29, 0.717) is 23.8 Å². The summed E-state index contributed by atoms with van der Waals surface area (Å²) in [5.41, 5.74) is 0.799. The van der Waals surface area contributed by atoms with Crippen molar-refractivity contribution in [3.63, 3.8) is 0 Å². The van der Waals surface area contributed by atoms with Gasteiger partial charge in [0, 0.05) is 58.3 Å². The molecule has 15 heteroatoms. The minimum absolute atomic E-state index is 0. The summed E-state index contributed by atoms with van der Waals surface area (Å²) in [4.78, 5) is 52.0. The van der Waals surface area contributed by atoms with Crippen molar-refractivity contribution in [3.8, 4) is 5.75 Å². The summed E-state index contributed by atoms with van der Waals surface area (Å²) in [5.74, 6) is -1.84. The summed E-state index contributed by atoms with van der Waals surface area (Å²) >= 11 is 1.27. The third-order valence-electron chi connectivity index (χ3n) is 3.27. The Labute approximate surface area is 252 Å². The molecule has 205 valence electrons. The van der Waals surface area contributed by atoms with E-state index in [9.17, 15) is 24.3 Å². The van der Waals surface area contributed by atoms with Crippen LogP contribution in [0.4, 0.5) is 0 Å².